The lowest BCUT2D eigenvalue weighted by Gasteiger charge is -2.12. The van der Waals surface area contributed by atoms with Crippen LogP contribution in [0.5, 0.6) is 5.75 Å². The number of amides is 1. The minimum absolute atomic E-state index is 0.247. The Bertz CT molecular complexity index is 626. The van der Waals surface area contributed by atoms with Crippen LogP contribution in [0.4, 0.5) is 11.4 Å². The zero-order valence-corrected chi connectivity index (χ0v) is 13.1. The van der Waals surface area contributed by atoms with Gasteiger partial charge >= 0.3 is 0 Å². The maximum atomic E-state index is 12.2. The van der Waals surface area contributed by atoms with Gasteiger partial charge in [-0.25, -0.2) is 4.98 Å². The largest absolute Gasteiger partial charge is 0.497 e. The van der Waals surface area contributed by atoms with Crippen molar-refractivity contribution in [2.24, 2.45) is 0 Å². The van der Waals surface area contributed by atoms with Crippen molar-refractivity contribution in [2.75, 3.05) is 17.7 Å². The smallest absolute Gasteiger partial charge is 0.274 e. The van der Waals surface area contributed by atoms with E-state index in [-0.39, 0.29) is 5.91 Å². The lowest BCUT2D eigenvalue weighted by molar-refractivity contribution is 0.102. The van der Waals surface area contributed by atoms with Crippen LogP contribution in [0, 0.1) is 0 Å². The van der Waals surface area contributed by atoms with Gasteiger partial charge in [-0.15, -0.1) is 0 Å². The predicted molar refractivity (Wildman–Crippen MR) is 88.6 cm³/mol. The molecule has 0 saturated heterocycles. The van der Waals surface area contributed by atoms with E-state index in [9.17, 15) is 4.79 Å². The molecular formula is C17H21N3O2. The van der Waals surface area contributed by atoms with Crippen molar-refractivity contribution < 1.29 is 9.53 Å². The second-order valence-corrected chi connectivity index (χ2v) is 5.07. The fourth-order valence-corrected chi connectivity index (χ4v) is 1.90. The number of pyridine rings is 1. The van der Waals surface area contributed by atoms with Crippen LogP contribution in [-0.4, -0.2) is 24.0 Å². The number of hydrogen-bond donors (Lipinski definition) is 2. The number of anilines is 2. The summed E-state index contributed by atoms with van der Waals surface area (Å²) in [5, 5.41) is 6.11. The lowest BCUT2D eigenvalue weighted by atomic mass is 10.2. The molecule has 116 valence electrons. The Morgan fingerprint density at radius 2 is 2.09 bits per heavy atom. The van der Waals surface area contributed by atoms with E-state index in [4.69, 9.17) is 4.74 Å². The molecule has 0 radical (unpaired) electrons. The highest BCUT2D eigenvalue weighted by Gasteiger charge is 2.08. The third-order valence-corrected chi connectivity index (χ3v) is 3.35. The number of methoxy groups -OCH3 is 1. The first-order valence-electron chi connectivity index (χ1n) is 7.30. The van der Waals surface area contributed by atoms with Crippen LogP contribution >= 0.6 is 0 Å². The monoisotopic (exact) mass is 299 g/mol. The molecule has 0 aliphatic heterocycles. The maximum Gasteiger partial charge on any atom is 0.274 e. The Balaban J connectivity index is 2.03. The Hall–Kier alpha value is -2.56. The molecule has 1 aromatic heterocycles. The van der Waals surface area contributed by atoms with E-state index >= 15 is 0 Å². The molecule has 22 heavy (non-hydrogen) atoms. The van der Waals surface area contributed by atoms with Crippen LogP contribution in [0.15, 0.2) is 42.6 Å². The normalized spacial score (nSPS) is 11.6. The van der Waals surface area contributed by atoms with Crippen LogP contribution in [0.2, 0.25) is 0 Å². The van der Waals surface area contributed by atoms with Crippen LogP contribution in [0.1, 0.15) is 30.8 Å². The SMILES string of the molecule is CCC(C)Nc1ccc(C(=O)Nc2cccc(OC)c2)nc1. The van der Waals surface area contributed by atoms with E-state index in [1.165, 1.54) is 0 Å². The van der Waals surface area contributed by atoms with Crippen LogP contribution in [-0.2, 0) is 0 Å². The Kier molecular flexibility index (Phi) is 5.36. The first-order chi connectivity index (χ1) is 10.6. The molecule has 0 aliphatic rings. The summed E-state index contributed by atoms with van der Waals surface area (Å²) in [5.74, 6) is 0.446. The number of hydrogen-bond acceptors (Lipinski definition) is 4. The first-order valence-corrected chi connectivity index (χ1v) is 7.30. The highest BCUT2D eigenvalue weighted by atomic mass is 16.5. The molecule has 0 fully saturated rings. The lowest BCUT2D eigenvalue weighted by Crippen LogP contribution is -2.16. The zero-order valence-electron chi connectivity index (χ0n) is 13.1. The van der Waals surface area contributed by atoms with E-state index in [1.807, 2.05) is 18.2 Å². The van der Waals surface area contributed by atoms with Gasteiger partial charge in [-0.05, 0) is 37.6 Å². The average Bonchev–Trinajstić information content (AvgIpc) is 2.55. The average molecular weight is 299 g/mol. The summed E-state index contributed by atoms with van der Waals surface area (Å²) >= 11 is 0. The van der Waals surface area contributed by atoms with Crippen LogP contribution < -0.4 is 15.4 Å². The number of nitrogens with zero attached hydrogens (tertiary/aromatic N) is 1. The topological polar surface area (TPSA) is 63.2 Å². The number of nitrogens with one attached hydrogen (secondary N) is 2. The zero-order chi connectivity index (χ0) is 15.9. The highest BCUT2D eigenvalue weighted by Crippen LogP contribution is 2.17. The van der Waals surface area contributed by atoms with Gasteiger partial charge in [0.1, 0.15) is 11.4 Å². The molecule has 1 amide bonds. The number of ether oxygens (including phenoxy) is 1. The van der Waals surface area contributed by atoms with Crippen molar-refractivity contribution in [3.05, 3.63) is 48.3 Å². The van der Waals surface area contributed by atoms with E-state index < -0.39 is 0 Å². The molecule has 1 aromatic carbocycles. The van der Waals surface area contributed by atoms with Gasteiger partial charge in [-0.3, -0.25) is 4.79 Å². The van der Waals surface area contributed by atoms with Crippen LogP contribution in [0.25, 0.3) is 0 Å². The molecule has 0 spiro atoms. The second-order valence-electron chi connectivity index (χ2n) is 5.07. The quantitative estimate of drug-likeness (QED) is 0.856. The van der Waals surface area contributed by atoms with Crippen molar-refractivity contribution in [1.29, 1.82) is 0 Å². The fourth-order valence-electron chi connectivity index (χ4n) is 1.90. The fraction of sp³-hybridized carbons (Fsp3) is 0.294. The van der Waals surface area contributed by atoms with Gasteiger partial charge in [-0.2, -0.15) is 0 Å². The molecule has 1 unspecified atom stereocenters. The van der Waals surface area contributed by atoms with Gasteiger partial charge in [0.2, 0.25) is 0 Å². The third kappa shape index (κ3) is 4.22. The Labute approximate surface area is 130 Å². The maximum absolute atomic E-state index is 12.2. The number of rotatable bonds is 6. The molecule has 1 heterocycles. The molecule has 0 bridgehead atoms. The van der Waals surface area contributed by atoms with Crippen molar-refractivity contribution in [3.8, 4) is 5.75 Å². The highest BCUT2D eigenvalue weighted by molar-refractivity contribution is 6.03. The summed E-state index contributed by atoms with van der Waals surface area (Å²) in [6.45, 7) is 4.21. The van der Waals surface area contributed by atoms with Gasteiger partial charge in [0.25, 0.3) is 5.91 Å². The molecule has 1 atom stereocenters. The van der Waals surface area contributed by atoms with E-state index in [2.05, 4.69) is 29.5 Å². The molecule has 0 aliphatic carbocycles. The van der Waals surface area contributed by atoms with Crippen molar-refractivity contribution in [2.45, 2.75) is 26.3 Å². The molecule has 2 N–H and O–H groups in total. The summed E-state index contributed by atoms with van der Waals surface area (Å²) in [6, 6.07) is 11.2. The summed E-state index contributed by atoms with van der Waals surface area (Å²) in [5.41, 5.74) is 1.96. The van der Waals surface area contributed by atoms with Gasteiger partial charge in [-0.1, -0.05) is 13.0 Å². The van der Waals surface area contributed by atoms with E-state index in [0.717, 1.165) is 12.1 Å². The first kappa shape index (κ1) is 15.8. The predicted octanol–water partition coefficient (Wildman–Crippen LogP) is 3.55. The summed E-state index contributed by atoms with van der Waals surface area (Å²) < 4.78 is 5.13. The molecule has 5 nitrogen and oxygen atoms in total. The Morgan fingerprint density at radius 3 is 2.73 bits per heavy atom. The number of carbonyl (C=O) groups excluding carboxylic acids is 1. The summed E-state index contributed by atoms with van der Waals surface area (Å²) in [6.07, 6.45) is 2.70. The van der Waals surface area contributed by atoms with Gasteiger partial charge in [0.05, 0.1) is 19.0 Å². The number of benzene rings is 1. The summed E-state index contributed by atoms with van der Waals surface area (Å²) in [4.78, 5) is 16.4. The van der Waals surface area contributed by atoms with Gasteiger partial charge in [0, 0.05) is 17.8 Å². The van der Waals surface area contributed by atoms with E-state index in [1.54, 1.807) is 31.5 Å². The molecule has 0 saturated carbocycles. The van der Waals surface area contributed by atoms with E-state index in [0.29, 0.717) is 23.2 Å². The van der Waals surface area contributed by atoms with Crippen molar-refractivity contribution in [1.82, 2.24) is 4.98 Å². The molecule has 2 aromatic rings. The van der Waals surface area contributed by atoms with Gasteiger partial charge in [0.15, 0.2) is 0 Å². The van der Waals surface area contributed by atoms with Crippen LogP contribution in [0.3, 0.4) is 0 Å². The van der Waals surface area contributed by atoms with Gasteiger partial charge < -0.3 is 15.4 Å². The standard InChI is InChI=1S/C17H21N3O2/c1-4-12(2)19-14-8-9-16(18-11-14)17(21)20-13-6-5-7-15(10-13)22-3/h5-12,19H,4H2,1-3H3,(H,20,21). The Morgan fingerprint density at radius 1 is 1.27 bits per heavy atom. The van der Waals surface area contributed by atoms with Crippen molar-refractivity contribution in [3.63, 3.8) is 0 Å². The second kappa shape index (κ2) is 7.45. The molecule has 2 rings (SSSR count). The molecule has 5 heteroatoms. The number of carbonyl (C=O) groups is 1. The molecular weight excluding hydrogens is 278 g/mol. The third-order valence-electron chi connectivity index (χ3n) is 3.35. The minimum atomic E-state index is -0.247. The summed E-state index contributed by atoms with van der Waals surface area (Å²) in [7, 11) is 1.59. The van der Waals surface area contributed by atoms with Crippen molar-refractivity contribution >= 4 is 17.3 Å². The minimum Gasteiger partial charge on any atom is -0.497 e. The number of aromatic nitrogens is 1.